The van der Waals surface area contributed by atoms with E-state index in [4.69, 9.17) is 4.42 Å². The van der Waals surface area contributed by atoms with Crippen molar-refractivity contribution >= 4 is 40.9 Å². The highest BCUT2D eigenvalue weighted by Crippen LogP contribution is 2.28. The Balaban J connectivity index is 2.03. The maximum atomic E-state index is 12.2. The largest absolute Gasteiger partial charge is 0.507 e. The molecule has 0 aliphatic carbocycles. The number of aliphatic imine (C=N–C) groups is 1. The van der Waals surface area contributed by atoms with Crippen molar-refractivity contribution in [3.63, 3.8) is 0 Å². The molecule has 0 spiro atoms. The monoisotopic (exact) mass is 341 g/mol. The van der Waals surface area contributed by atoms with Gasteiger partial charge in [-0.1, -0.05) is 0 Å². The van der Waals surface area contributed by atoms with E-state index in [0.717, 1.165) is 0 Å². The molecule has 8 heteroatoms. The Hall–Kier alpha value is -3.05. The topological polar surface area (TPSA) is 116 Å². The summed E-state index contributed by atoms with van der Waals surface area (Å²) in [6.45, 7) is 0. The van der Waals surface area contributed by atoms with Crippen LogP contribution in [0, 0.1) is 11.3 Å². The fourth-order valence-corrected chi connectivity index (χ4v) is 2.88. The zero-order valence-corrected chi connectivity index (χ0v) is 13.0. The van der Waals surface area contributed by atoms with Gasteiger partial charge in [0.2, 0.25) is 0 Å². The van der Waals surface area contributed by atoms with Gasteiger partial charge < -0.3 is 14.8 Å². The number of nitrogens with one attached hydrogen (secondary N) is 1. The van der Waals surface area contributed by atoms with Crippen molar-refractivity contribution in [1.29, 1.82) is 5.26 Å². The normalized spacial score (nSPS) is 17.0. The maximum absolute atomic E-state index is 12.2. The molecule has 7 nitrogen and oxygen atoms in total. The molecule has 0 saturated heterocycles. The summed E-state index contributed by atoms with van der Waals surface area (Å²) < 4.78 is 5.10. The second kappa shape index (κ2) is 6.60. The molecule has 24 heavy (non-hydrogen) atoms. The van der Waals surface area contributed by atoms with Gasteiger partial charge in [-0.15, -0.1) is 11.8 Å². The lowest BCUT2D eigenvalue weighted by Gasteiger charge is -2.09. The number of nitriles is 1. The first-order chi connectivity index (χ1) is 11.6. The molecule has 2 heterocycles. The van der Waals surface area contributed by atoms with Crippen LogP contribution in [-0.2, 0) is 4.79 Å². The van der Waals surface area contributed by atoms with Crippen LogP contribution >= 0.6 is 11.8 Å². The minimum Gasteiger partial charge on any atom is -0.507 e. The second-order valence-corrected chi connectivity index (χ2v) is 5.94. The average Bonchev–Trinajstić information content (AvgIpc) is 3.07. The summed E-state index contributed by atoms with van der Waals surface area (Å²) in [5.41, 5.74) is -1.06. The Bertz CT molecular complexity index is 971. The number of carbonyl (C=O) groups excluding carboxylic acids is 1. The van der Waals surface area contributed by atoms with Gasteiger partial charge in [-0.2, -0.15) is 5.26 Å². The van der Waals surface area contributed by atoms with Crippen LogP contribution in [0.2, 0.25) is 0 Å². The highest BCUT2D eigenvalue weighted by atomic mass is 32.2. The van der Waals surface area contributed by atoms with Gasteiger partial charge in [0.1, 0.15) is 23.0 Å². The van der Waals surface area contributed by atoms with E-state index in [1.54, 1.807) is 18.4 Å². The van der Waals surface area contributed by atoms with E-state index in [9.17, 15) is 20.0 Å². The number of benzene rings is 1. The van der Waals surface area contributed by atoms with Gasteiger partial charge >= 0.3 is 5.63 Å². The van der Waals surface area contributed by atoms with Gasteiger partial charge in [-0.25, -0.2) is 4.79 Å². The Morgan fingerprint density at radius 2 is 2.25 bits per heavy atom. The number of phenolic OH excluding ortho intramolecular Hbond substituents is 1. The summed E-state index contributed by atoms with van der Waals surface area (Å²) in [6.07, 6.45) is 2.87. The number of fused-ring (bicyclic) bond motifs is 1. The first-order valence-corrected chi connectivity index (χ1v) is 7.95. The Kier molecular flexibility index (Phi) is 4.35. The van der Waals surface area contributed by atoms with E-state index in [2.05, 4.69) is 10.3 Å². The molecule has 1 atom stereocenters. The summed E-state index contributed by atoms with van der Waals surface area (Å²) in [6, 6.07) is 7.54. The number of amides is 1. The van der Waals surface area contributed by atoms with Gasteiger partial charge in [0.15, 0.2) is 5.50 Å². The number of carbonyl (C=O) groups is 1. The highest BCUT2D eigenvalue weighted by molar-refractivity contribution is 8.00. The van der Waals surface area contributed by atoms with Gasteiger partial charge in [-0.3, -0.25) is 9.79 Å². The van der Waals surface area contributed by atoms with Crippen molar-refractivity contribution in [3.8, 4) is 11.8 Å². The van der Waals surface area contributed by atoms with Crippen molar-refractivity contribution in [2.24, 2.45) is 4.99 Å². The molecule has 1 unspecified atom stereocenters. The van der Waals surface area contributed by atoms with E-state index < -0.39 is 17.0 Å². The summed E-state index contributed by atoms with van der Waals surface area (Å²) in [5.74, 6) is -0.138. The second-order valence-electron chi connectivity index (χ2n) is 4.83. The number of hydrogen-bond acceptors (Lipinski definition) is 7. The van der Waals surface area contributed by atoms with Gasteiger partial charge in [0.05, 0.1) is 5.56 Å². The Labute approximate surface area is 140 Å². The number of thioether (sulfide) groups is 1. The molecule has 0 radical (unpaired) electrons. The smallest absolute Gasteiger partial charge is 0.336 e. The predicted molar refractivity (Wildman–Crippen MR) is 90.6 cm³/mol. The van der Waals surface area contributed by atoms with Gasteiger partial charge in [0.25, 0.3) is 5.91 Å². The van der Waals surface area contributed by atoms with Crippen LogP contribution in [0.15, 0.2) is 44.0 Å². The lowest BCUT2D eigenvalue weighted by atomic mass is 10.1. The molecule has 0 fully saturated rings. The average molecular weight is 341 g/mol. The third-order valence-electron chi connectivity index (χ3n) is 3.28. The third kappa shape index (κ3) is 3.16. The summed E-state index contributed by atoms with van der Waals surface area (Å²) >= 11 is 1.41. The standard InChI is InChI=1S/C16H11N3O4S/c17-8-10(15(22)19-16-18-5-6-24-16)7-11-12(20)3-1-9-2-4-13(21)23-14(9)11/h1-5,7,16,20H,6H2,(H,19,22). The Morgan fingerprint density at radius 1 is 1.46 bits per heavy atom. The lowest BCUT2D eigenvalue weighted by Crippen LogP contribution is -2.30. The van der Waals surface area contributed by atoms with E-state index in [1.807, 2.05) is 0 Å². The number of hydrogen-bond donors (Lipinski definition) is 2. The molecule has 120 valence electrons. The molecule has 1 aliphatic heterocycles. The molecule has 2 N–H and O–H groups in total. The molecule has 0 saturated carbocycles. The van der Waals surface area contributed by atoms with E-state index in [1.165, 1.54) is 36.0 Å². The molecular formula is C16H11N3O4S. The summed E-state index contributed by atoms with van der Waals surface area (Å²) in [5, 5.41) is 22.4. The zero-order chi connectivity index (χ0) is 17.1. The SMILES string of the molecule is N#CC(=Cc1c(O)ccc2ccc(=O)oc12)C(=O)NC1N=CCS1. The molecule has 1 amide bonds. The van der Waals surface area contributed by atoms with Crippen LogP contribution in [0.1, 0.15) is 5.56 Å². The van der Waals surface area contributed by atoms with Crippen molar-refractivity contribution in [2.45, 2.75) is 5.50 Å². The first-order valence-electron chi connectivity index (χ1n) is 6.90. The molecule has 0 bridgehead atoms. The van der Waals surface area contributed by atoms with Crippen LogP contribution in [0.4, 0.5) is 0 Å². The summed E-state index contributed by atoms with van der Waals surface area (Å²) in [4.78, 5) is 27.7. The van der Waals surface area contributed by atoms with E-state index in [-0.39, 0.29) is 22.5 Å². The fraction of sp³-hybridized carbons (Fsp3) is 0.125. The van der Waals surface area contributed by atoms with Crippen molar-refractivity contribution < 1.29 is 14.3 Å². The van der Waals surface area contributed by atoms with Crippen molar-refractivity contribution in [2.75, 3.05) is 5.75 Å². The first kappa shape index (κ1) is 15.8. The fourth-order valence-electron chi connectivity index (χ4n) is 2.16. The molecule has 1 aromatic heterocycles. The van der Waals surface area contributed by atoms with Crippen LogP contribution in [0.5, 0.6) is 5.75 Å². The molecule has 1 aliphatic rings. The number of phenols is 1. The lowest BCUT2D eigenvalue weighted by molar-refractivity contribution is -0.117. The predicted octanol–water partition coefficient (Wildman–Crippen LogP) is 1.62. The van der Waals surface area contributed by atoms with E-state index >= 15 is 0 Å². The number of nitrogens with zero attached hydrogens (tertiary/aromatic N) is 2. The Morgan fingerprint density at radius 3 is 2.96 bits per heavy atom. The van der Waals surface area contributed by atoms with Gasteiger partial charge in [0, 0.05) is 23.4 Å². The van der Waals surface area contributed by atoms with Crippen molar-refractivity contribution in [1.82, 2.24) is 5.32 Å². The minimum atomic E-state index is -0.622. The molecule has 2 aromatic rings. The summed E-state index contributed by atoms with van der Waals surface area (Å²) in [7, 11) is 0. The maximum Gasteiger partial charge on any atom is 0.336 e. The van der Waals surface area contributed by atoms with Gasteiger partial charge in [-0.05, 0) is 24.3 Å². The van der Waals surface area contributed by atoms with Crippen LogP contribution < -0.4 is 10.9 Å². The molecule has 1 aromatic carbocycles. The van der Waals surface area contributed by atoms with E-state index in [0.29, 0.717) is 11.1 Å². The molecule has 3 rings (SSSR count). The number of aromatic hydroxyl groups is 1. The highest BCUT2D eigenvalue weighted by Gasteiger charge is 2.18. The van der Waals surface area contributed by atoms with Crippen LogP contribution in [0.25, 0.3) is 17.0 Å². The molecular weight excluding hydrogens is 330 g/mol. The zero-order valence-electron chi connectivity index (χ0n) is 12.2. The third-order valence-corrected chi connectivity index (χ3v) is 4.18. The number of rotatable bonds is 3. The van der Waals surface area contributed by atoms with Crippen molar-refractivity contribution in [3.05, 3.63) is 45.8 Å². The minimum absolute atomic E-state index is 0.0967. The van der Waals surface area contributed by atoms with Crippen LogP contribution in [0.3, 0.4) is 0 Å². The quantitative estimate of drug-likeness (QED) is 0.498. The van der Waals surface area contributed by atoms with Crippen LogP contribution in [-0.4, -0.2) is 28.5 Å².